The Labute approximate surface area is 105 Å². The van der Waals surface area contributed by atoms with Crippen molar-refractivity contribution in [1.29, 1.82) is 0 Å². The van der Waals surface area contributed by atoms with Gasteiger partial charge >= 0.3 is 0 Å². The quantitative estimate of drug-likeness (QED) is 0.891. The number of benzene rings is 1. The van der Waals surface area contributed by atoms with Gasteiger partial charge in [0.05, 0.1) is 5.54 Å². The van der Waals surface area contributed by atoms with E-state index >= 15 is 0 Å². The van der Waals surface area contributed by atoms with Crippen LogP contribution in [0.3, 0.4) is 0 Å². The van der Waals surface area contributed by atoms with Crippen molar-refractivity contribution in [2.45, 2.75) is 32.4 Å². The van der Waals surface area contributed by atoms with Crippen LogP contribution in [0.2, 0.25) is 0 Å². The van der Waals surface area contributed by atoms with Crippen LogP contribution in [-0.4, -0.2) is 11.4 Å². The molecule has 0 fully saturated rings. The molecule has 1 atom stereocenters. The van der Waals surface area contributed by atoms with E-state index in [0.29, 0.717) is 13.0 Å². The van der Waals surface area contributed by atoms with E-state index in [0.717, 1.165) is 10.0 Å². The molecule has 0 aromatic heterocycles. The normalized spacial score (nSPS) is 14.2. The maximum Gasteiger partial charge on any atom is 0.240 e. The molecule has 1 unspecified atom stereocenters. The van der Waals surface area contributed by atoms with Crippen molar-refractivity contribution in [3.05, 3.63) is 34.3 Å². The molecule has 88 valence electrons. The van der Waals surface area contributed by atoms with Gasteiger partial charge in [-0.1, -0.05) is 35.0 Å². The van der Waals surface area contributed by atoms with Crippen LogP contribution < -0.4 is 11.1 Å². The van der Waals surface area contributed by atoms with Gasteiger partial charge in [0, 0.05) is 11.0 Å². The molecule has 3 N–H and O–H groups in total. The fourth-order valence-corrected chi connectivity index (χ4v) is 1.64. The Bertz CT molecular complexity index is 377. The number of rotatable bonds is 4. The van der Waals surface area contributed by atoms with Crippen molar-refractivity contribution in [2.24, 2.45) is 5.73 Å². The number of carbonyl (C=O) groups is 1. The second-order valence-corrected chi connectivity index (χ2v) is 5.00. The zero-order chi connectivity index (χ0) is 12.2. The topological polar surface area (TPSA) is 55.1 Å². The predicted octanol–water partition coefficient (Wildman–Crippen LogP) is 2.19. The summed E-state index contributed by atoms with van der Waals surface area (Å²) in [5.74, 6) is -0.116. The van der Waals surface area contributed by atoms with Crippen LogP contribution in [-0.2, 0) is 11.3 Å². The SMILES string of the molecule is CCC(C)(N)C(=O)NCc1cccc(Br)c1. The van der Waals surface area contributed by atoms with E-state index in [4.69, 9.17) is 5.73 Å². The molecular weight excluding hydrogens is 268 g/mol. The average molecular weight is 285 g/mol. The largest absolute Gasteiger partial charge is 0.350 e. The third kappa shape index (κ3) is 3.61. The van der Waals surface area contributed by atoms with Gasteiger partial charge in [0.15, 0.2) is 0 Å². The van der Waals surface area contributed by atoms with Gasteiger partial charge in [0.1, 0.15) is 0 Å². The van der Waals surface area contributed by atoms with E-state index in [1.165, 1.54) is 0 Å². The molecule has 4 heteroatoms. The Morgan fingerprint density at radius 3 is 2.81 bits per heavy atom. The van der Waals surface area contributed by atoms with Crippen molar-refractivity contribution in [3.8, 4) is 0 Å². The van der Waals surface area contributed by atoms with E-state index in [2.05, 4.69) is 21.2 Å². The highest BCUT2D eigenvalue weighted by atomic mass is 79.9. The highest BCUT2D eigenvalue weighted by Crippen LogP contribution is 2.12. The van der Waals surface area contributed by atoms with Gasteiger partial charge in [-0.2, -0.15) is 0 Å². The van der Waals surface area contributed by atoms with Crippen LogP contribution in [0.4, 0.5) is 0 Å². The molecule has 1 aromatic carbocycles. The summed E-state index contributed by atoms with van der Waals surface area (Å²) in [6.45, 7) is 4.15. The summed E-state index contributed by atoms with van der Waals surface area (Å²) in [4.78, 5) is 11.7. The number of carbonyl (C=O) groups excluding carboxylic acids is 1. The first-order chi connectivity index (χ1) is 7.45. The Balaban J connectivity index is 2.56. The number of halogens is 1. The minimum atomic E-state index is -0.786. The minimum Gasteiger partial charge on any atom is -0.350 e. The van der Waals surface area contributed by atoms with Crippen LogP contribution in [0, 0.1) is 0 Å². The average Bonchev–Trinajstić information content (AvgIpc) is 2.26. The maximum atomic E-state index is 11.7. The Hall–Kier alpha value is -0.870. The van der Waals surface area contributed by atoms with Crippen molar-refractivity contribution < 1.29 is 4.79 Å². The monoisotopic (exact) mass is 284 g/mol. The van der Waals surface area contributed by atoms with Crippen LogP contribution in [0.25, 0.3) is 0 Å². The number of hydrogen-bond donors (Lipinski definition) is 2. The van der Waals surface area contributed by atoms with Gasteiger partial charge < -0.3 is 11.1 Å². The van der Waals surface area contributed by atoms with Crippen molar-refractivity contribution >= 4 is 21.8 Å². The van der Waals surface area contributed by atoms with Crippen molar-refractivity contribution in [3.63, 3.8) is 0 Å². The molecule has 0 saturated carbocycles. The fourth-order valence-electron chi connectivity index (χ4n) is 1.19. The van der Waals surface area contributed by atoms with Crippen molar-refractivity contribution in [1.82, 2.24) is 5.32 Å². The summed E-state index contributed by atoms with van der Waals surface area (Å²) in [5.41, 5.74) is 6.10. The zero-order valence-electron chi connectivity index (χ0n) is 9.59. The lowest BCUT2D eigenvalue weighted by Gasteiger charge is -2.21. The van der Waals surface area contributed by atoms with E-state index in [-0.39, 0.29) is 5.91 Å². The maximum absolute atomic E-state index is 11.7. The summed E-state index contributed by atoms with van der Waals surface area (Å²) < 4.78 is 1.00. The molecule has 0 heterocycles. The van der Waals surface area contributed by atoms with Crippen LogP contribution >= 0.6 is 15.9 Å². The molecule has 1 rings (SSSR count). The summed E-state index contributed by atoms with van der Waals surface area (Å²) in [7, 11) is 0. The van der Waals surface area contributed by atoms with E-state index in [1.54, 1.807) is 6.92 Å². The molecule has 0 saturated heterocycles. The first-order valence-corrected chi connectivity index (χ1v) is 6.06. The highest BCUT2D eigenvalue weighted by Gasteiger charge is 2.25. The van der Waals surface area contributed by atoms with Gasteiger partial charge in [0.25, 0.3) is 0 Å². The van der Waals surface area contributed by atoms with E-state index in [1.807, 2.05) is 31.2 Å². The van der Waals surface area contributed by atoms with Gasteiger partial charge in [-0.05, 0) is 31.0 Å². The summed E-state index contributed by atoms with van der Waals surface area (Å²) in [5, 5.41) is 2.83. The number of amides is 1. The lowest BCUT2D eigenvalue weighted by atomic mass is 9.99. The fraction of sp³-hybridized carbons (Fsp3) is 0.417. The van der Waals surface area contributed by atoms with Gasteiger partial charge in [-0.3, -0.25) is 4.79 Å². The Morgan fingerprint density at radius 2 is 2.25 bits per heavy atom. The molecule has 0 aliphatic heterocycles. The predicted molar refractivity (Wildman–Crippen MR) is 68.9 cm³/mol. The second-order valence-electron chi connectivity index (χ2n) is 4.08. The smallest absolute Gasteiger partial charge is 0.240 e. The second kappa shape index (κ2) is 5.46. The third-order valence-electron chi connectivity index (χ3n) is 2.60. The molecule has 16 heavy (non-hydrogen) atoms. The van der Waals surface area contributed by atoms with Crippen molar-refractivity contribution in [2.75, 3.05) is 0 Å². The van der Waals surface area contributed by atoms with Gasteiger partial charge in [0.2, 0.25) is 5.91 Å². The summed E-state index contributed by atoms with van der Waals surface area (Å²) >= 11 is 3.38. The third-order valence-corrected chi connectivity index (χ3v) is 3.09. The number of nitrogens with two attached hydrogens (primary N) is 1. The molecule has 1 amide bonds. The molecule has 0 bridgehead atoms. The summed E-state index contributed by atoms with van der Waals surface area (Å²) in [6, 6.07) is 7.82. The Morgan fingerprint density at radius 1 is 1.56 bits per heavy atom. The molecule has 0 aliphatic rings. The van der Waals surface area contributed by atoms with Crippen LogP contribution in [0.15, 0.2) is 28.7 Å². The lowest BCUT2D eigenvalue weighted by molar-refractivity contribution is -0.126. The van der Waals surface area contributed by atoms with E-state index < -0.39 is 5.54 Å². The van der Waals surface area contributed by atoms with E-state index in [9.17, 15) is 4.79 Å². The molecule has 1 aromatic rings. The highest BCUT2D eigenvalue weighted by molar-refractivity contribution is 9.10. The zero-order valence-corrected chi connectivity index (χ0v) is 11.2. The first kappa shape index (κ1) is 13.2. The van der Waals surface area contributed by atoms with Gasteiger partial charge in [-0.15, -0.1) is 0 Å². The number of nitrogens with one attached hydrogen (secondary N) is 1. The van der Waals surface area contributed by atoms with Gasteiger partial charge in [-0.25, -0.2) is 0 Å². The standard InChI is InChI=1S/C12H17BrN2O/c1-3-12(2,14)11(16)15-8-9-5-4-6-10(13)7-9/h4-7H,3,8,14H2,1-2H3,(H,15,16). The van der Waals surface area contributed by atoms with Crippen LogP contribution in [0.5, 0.6) is 0 Å². The molecule has 0 radical (unpaired) electrons. The molecule has 0 aliphatic carbocycles. The molecule has 0 spiro atoms. The minimum absolute atomic E-state index is 0.116. The summed E-state index contributed by atoms with van der Waals surface area (Å²) in [6.07, 6.45) is 0.622. The molecule has 3 nitrogen and oxygen atoms in total. The van der Waals surface area contributed by atoms with Crippen LogP contribution in [0.1, 0.15) is 25.8 Å². The first-order valence-electron chi connectivity index (χ1n) is 5.27. The molecular formula is C12H17BrN2O. The number of hydrogen-bond acceptors (Lipinski definition) is 2. The lowest BCUT2D eigenvalue weighted by Crippen LogP contribution is -2.50. The Kier molecular flexibility index (Phi) is 4.50.